The number of unbranched alkanes of at least 4 members (excludes halogenated alkanes) is 1. The molecule has 0 aromatic rings. The molecule has 0 bridgehead atoms. The summed E-state index contributed by atoms with van der Waals surface area (Å²) in [4.78, 5) is 11.8. The number of aliphatic hydroxyl groups is 1. The summed E-state index contributed by atoms with van der Waals surface area (Å²) >= 11 is 0. The number of amides is 1. The molecule has 4 nitrogen and oxygen atoms in total. The smallest absolute Gasteiger partial charge is 0.220 e. The molecule has 1 amide bonds. The third kappa shape index (κ3) is 5.04. The first-order chi connectivity index (χ1) is 8.22. The zero-order valence-corrected chi connectivity index (χ0v) is 10.7. The van der Waals surface area contributed by atoms with Gasteiger partial charge >= 0.3 is 0 Å². The van der Waals surface area contributed by atoms with Gasteiger partial charge in [-0.2, -0.15) is 0 Å². The van der Waals surface area contributed by atoms with E-state index < -0.39 is 0 Å². The second-order valence-electron chi connectivity index (χ2n) is 5.22. The van der Waals surface area contributed by atoms with Gasteiger partial charge in [0.1, 0.15) is 0 Å². The minimum Gasteiger partial charge on any atom is -0.396 e. The van der Waals surface area contributed by atoms with E-state index in [4.69, 9.17) is 10.8 Å². The van der Waals surface area contributed by atoms with Gasteiger partial charge < -0.3 is 16.2 Å². The third-order valence-corrected chi connectivity index (χ3v) is 3.79. The number of rotatable bonds is 7. The van der Waals surface area contributed by atoms with Crippen molar-refractivity contribution in [2.45, 2.75) is 51.4 Å². The molecule has 0 spiro atoms. The van der Waals surface area contributed by atoms with Gasteiger partial charge in [-0.15, -0.1) is 0 Å². The molecule has 17 heavy (non-hydrogen) atoms. The van der Waals surface area contributed by atoms with Crippen molar-refractivity contribution in [1.29, 1.82) is 0 Å². The highest BCUT2D eigenvalue weighted by Crippen LogP contribution is 2.38. The van der Waals surface area contributed by atoms with E-state index in [0.717, 1.165) is 25.7 Å². The predicted molar refractivity (Wildman–Crippen MR) is 68.5 cm³/mol. The molecule has 1 aliphatic rings. The molecule has 0 saturated heterocycles. The van der Waals surface area contributed by atoms with Gasteiger partial charge in [0.15, 0.2) is 0 Å². The lowest BCUT2D eigenvalue weighted by Crippen LogP contribution is -2.38. The van der Waals surface area contributed by atoms with Gasteiger partial charge in [0.2, 0.25) is 5.91 Å². The van der Waals surface area contributed by atoms with Gasteiger partial charge in [-0.1, -0.05) is 19.3 Å². The average molecular weight is 242 g/mol. The Morgan fingerprint density at radius 2 is 1.94 bits per heavy atom. The zero-order chi connectivity index (χ0) is 12.6. The van der Waals surface area contributed by atoms with E-state index in [-0.39, 0.29) is 17.9 Å². The minimum absolute atomic E-state index is 0.0549. The minimum atomic E-state index is 0.0549. The van der Waals surface area contributed by atoms with Crippen molar-refractivity contribution in [3.8, 4) is 0 Å². The molecule has 0 radical (unpaired) electrons. The SMILES string of the molecule is NCC1(CC(=O)NCCCCO)CCCCC1. The molecule has 1 aliphatic carbocycles. The zero-order valence-electron chi connectivity index (χ0n) is 10.7. The maximum Gasteiger partial charge on any atom is 0.220 e. The summed E-state index contributed by atoms with van der Waals surface area (Å²) in [5.74, 6) is 0.121. The van der Waals surface area contributed by atoms with Crippen LogP contribution in [0.25, 0.3) is 0 Å². The van der Waals surface area contributed by atoms with Gasteiger partial charge in [0.05, 0.1) is 0 Å². The predicted octanol–water partition coefficient (Wildman–Crippen LogP) is 1.17. The second kappa shape index (κ2) is 7.67. The molecule has 1 fully saturated rings. The van der Waals surface area contributed by atoms with Gasteiger partial charge in [-0.05, 0) is 37.6 Å². The molecule has 4 heteroatoms. The maximum absolute atomic E-state index is 11.8. The molecule has 0 atom stereocenters. The fourth-order valence-corrected chi connectivity index (χ4v) is 2.62. The van der Waals surface area contributed by atoms with E-state index in [2.05, 4.69) is 5.32 Å². The number of nitrogens with one attached hydrogen (secondary N) is 1. The molecule has 0 aromatic heterocycles. The first-order valence-electron chi connectivity index (χ1n) is 6.80. The van der Waals surface area contributed by atoms with E-state index in [1.54, 1.807) is 0 Å². The Hall–Kier alpha value is -0.610. The van der Waals surface area contributed by atoms with Crippen molar-refractivity contribution in [3.05, 3.63) is 0 Å². The van der Waals surface area contributed by atoms with E-state index >= 15 is 0 Å². The largest absolute Gasteiger partial charge is 0.396 e. The summed E-state index contributed by atoms with van der Waals surface area (Å²) in [5.41, 5.74) is 5.90. The van der Waals surface area contributed by atoms with Crippen LogP contribution in [0.2, 0.25) is 0 Å². The molecule has 0 aliphatic heterocycles. The topological polar surface area (TPSA) is 75.4 Å². The van der Waals surface area contributed by atoms with Gasteiger partial charge in [-0.25, -0.2) is 0 Å². The van der Waals surface area contributed by atoms with Crippen LogP contribution >= 0.6 is 0 Å². The third-order valence-electron chi connectivity index (χ3n) is 3.79. The van der Waals surface area contributed by atoms with Crippen LogP contribution in [0, 0.1) is 5.41 Å². The fraction of sp³-hybridized carbons (Fsp3) is 0.923. The summed E-state index contributed by atoms with van der Waals surface area (Å²) in [5, 5.41) is 11.6. The first-order valence-corrected chi connectivity index (χ1v) is 6.80. The summed E-state index contributed by atoms with van der Waals surface area (Å²) in [7, 11) is 0. The van der Waals surface area contributed by atoms with Crippen molar-refractivity contribution < 1.29 is 9.90 Å². The highest BCUT2D eigenvalue weighted by molar-refractivity contribution is 5.76. The van der Waals surface area contributed by atoms with E-state index in [1.165, 1.54) is 19.3 Å². The Morgan fingerprint density at radius 3 is 2.53 bits per heavy atom. The standard InChI is InChI=1S/C13H26N2O2/c14-11-13(6-2-1-3-7-13)10-12(17)15-8-4-5-9-16/h16H,1-11,14H2,(H,15,17). The van der Waals surface area contributed by atoms with Crippen LogP contribution < -0.4 is 11.1 Å². The highest BCUT2D eigenvalue weighted by Gasteiger charge is 2.32. The summed E-state index contributed by atoms with van der Waals surface area (Å²) in [6.45, 7) is 1.49. The van der Waals surface area contributed by atoms with E-state index in [9.17, 15) is 4.79 Å². The van der Waals surface area contributed by atoms with Crippen LogP contribution in [0.1, 0.15) is 51.4 Å². The molecule has 0 heterocycles. The van der Waals surface area contributed by atoms with Crippen LogP contribution in [-0.4, -0.2) is 30.7 Å². The number of carbonyl (C=O) groups excluding carboxylic acids is 1. The number of nitrogens with two attached hydrogens (primary N) is 1. The Balaban J connectivity index is 2.27. The normalized spacial score (nSPS) is 18.9. The summed E-state index contributed by atoms with van der Waals surface area (Å²) < 4.78 is 0. The molecule has 4 N–H and O–H groups in total. The van der Waals surface area contributed by atoms with Crippen molar-refractivity contribution in [2.75, 3.05) is 19.7 Å². The van der Waals surface area contributed by atoms with Crippen molar-refractivity contribution >= 4 is 5.91 Å². The van der Waals surface area contributed by atoms with Crippen LogP contribution in [0.4, 0.5) is 0 Å². The highest BCUT2D eigenvalue weighted by atomic mass is 16.2. The first kappa shape index (κ1) is 14.5. The van der Waals surface area contributed by atoms with Crippen LogP contribution in [0.15, 0.2) is 0 Å². The van der Waals surface area contributed by atoms with Crippen LogP contribution in [0.5, 0.6) is 0 Å². The van der Waals surface area contributed by atoms with Crippen molar-refractivity contribution in [1.82, 2.24) is 5.32 Å². The Kier molecular flexibility index (Phi) is 6.52. The average Bonchev–Trinajstić information content (AvgIpc) is 2.36. The quantitative estimate of drug-likeness (QED) is 0.587. The molecule has 0 aromatic carbocycles. The molecule has 100 valence electrons. The fourth-order valence-electron chi connectivity index (χ4n) is 2.62. The monoisotopic (exact) mass is 242 g/mol. The molecule has 1 rings (SSSR count). The lowest BCUT2D eigenvalue weighted by Gasteiger charge is -2.35. The number of hydrogen-bond acceptors (Lipinski definition) is 3. The lowest BCUT2D eigenvalue weighted by atomic mass is 9.71. The van der Waals surface area contributed by atoms with Crippen molar-refractivity contribution in [2.24, 2.45) is 11.1 Å². The molecule has 0 unspecified atom stereocenters. The van der Waals surface area contributed by atoms with Gasteiger partial charge in [0, 0.05) is 19.6 Å². The number of carbonyl (C=O) groups is 1. The molecule has 1 saturated carbocycles. The Bertz CT molecular complexity index is 225. The number of hydrogen-bond donors (Lipinski definition) is 3. The maximum atomic E-state index is 11.8. The number of aliphatic hydroxyl groups excluding tert-OH is 1. The van der Waals surface area contributed by atoms with Gasteiger partial charge in [-0.3, -0.25) is 4.79 Å². The molecular weight excluding hydrogens is 216 g/mol. The Morgan fingerprint density at radius 1 is 1.24 bits per heavy atom. The van der Waals surface area contributed by atoms with Crippen LogP contribution in [-0.2, 0) is 4.79 Å². The van der Waals surface area contributed by atoms with Gasteiger partial charge in [0.25, 0.3) is 0 Å². The van der Waals surface area contributed by atoms with E-state index in [0.29, 0.717) is 19.5 Å². The van der Waals surface area contributed by atoms with Crippen LogP contribution in [0.3, 0.4) is 0 Å². The lowest BCUT2D eigenvalue weighted by molar-refractivity contribution is -0.123. The molecular formula is C13H26N2O2. The summed E-state index contributed by atoms with van der Waals surface area (Å²) in [6, 6.07) is 0. The van der Waals surface area contributed by atoms with E-state index in [1.807, 2.05) is 0 Å². The van der Waals surface area contributed by atoms with Crippen molar-refractivity contribution in [3.63, 3.8) is 0 Å². The second-order valence-corrected chi connectivity index (χ2v) is 5.22. The Labute approximate surface area is 104 Å². The summed E-state index contributed by atoms with van der Waals surface area (Å²) in [6.07, 6.45) is 8.04.